The van der Waals surface area contributed by atoms with Gasteiger partial charge in [-0.05, 0) is 17.5 Å². The molecule has 0 saturated carbocycles. The minimum Gasteiger partial charge on any atom is -0.394 e. The summed E-state index contributed by atoms with van der Waals surface area (Å²) in [7, 11) is -4.34. The van der Waals surface area contributed by atoms with Crippen LogP contribution in [0.25, 0.3) is 0 Å². The topological polar surface area (TPSA) is 102 Å². The fourth-order valence-electron chi connectivity index (χ4n) is 0.433. The summed E-state index contributed by atoms with van der Waals surface area (Å²) in [6.45, 7) is 0. The summed E-state index contributed by atoms with van der Waals surface area (Å²) in [5.74, 6) is 0. The summed E-state index contributed by atoms with van der Waals surface area (Å²) in [6, 6.07) is 3.14. The van der Waals surface area contributed by atoms with E-state index in [-0.39, 0.29) is 11.2 Å². The van der Waals surface area contributed by atoms with Gasteiger partial charge >= 0.3 is 7.82 Å². The van der Waals surface area contributed by atoms with Gasteiger partial charge in [0.05, 0.1) is 0 Å². The molecular formula is C4H8NO4PS. The highest BCUT2D eigenvalue weighted by Crippen LogP contribution is 2.39. The zero-order chi connectivity index (χ0) is 7.61. The first-order valence-electron chi connectivity index (χ1n) is 2.36. The minimum absolute atomic E-state index is 0. The molecule has 0 amide bonds. The average molecular weight is 197 g/mol. The molecule has 1 aromatic heterocycles. The summed E-state index contributed by atoms with van der Waals surface area (Å²) in [5.41, 5.74) is 0. The van der Waals surface area contributed by atoms with Gasteiger partial charge in [-0.2, -0.15) is 0 Å². The molecule has 0 atom stereocenters. The Morgan fingerprint density at radius 3 is 2.55 bits per heavy atom. The molecule has 0 unspecified atom stereocenters. The van der Waals surface area contributed by atoms with Crippen molar-refractivity contribution in [3.8, 4) is 5.06 Å². The first-order chi connectivity index (χ1) is 4.58. The van der Waals surface area contributed by atoms with Crippen LogP contribution in [0.2, 0.25) is 0 Å². The minimum atomic E-state index is -4.34. The lowest BCUT2D eigenvalue weighted by Gasteiger charge is -2.01. The third-order valence-electron chi connectivity index (χ3n) is 0.704. The van der Waals surface area contributed by atoms with E-state index in [1.54, 1.807) is 11.4 Å². The van der Waals surface area contributed by atoms with E-state index in [9.17, 15) is 4.57 Å². The van der Waals surface area contributed by atoms with Crippen LogP contribution < -0.4 is 10.7 Å². The van der Waals surface area contributed by atoms with Gasteiger partial charge in [-0.25, -0.2) is 4.57 Å². The van der Waals surface area contributed by atoms with E-state index in [4.69, 9.17) is 9.79 Å². The lowest BCUT2D eigenvalue weighted by Crippen LogP contribution is -1.86. The van der Waals surface area contributed by atoms with Crippen molar-refractivity contribution in [2.24, 2.45) is 0 Å². The fourth-order valence-corrected chi connectivity index (χ4v) is 1.64. The Kier molecular flexibility index (Phi) is 3.71. The molecule has 0 aliphatic heterocycles. The molecule has 0 aromatic carbocycles. The van der Waals surface area contributed by atoms with Gasteiger partial charge in [0.1, 0.15) is 0 Å². The smallest absolute Gasteiger partial charge is 0.394 e. The third-order valence-corrected chi connectivity index (χ3v) is 2.01. The average Bonchev–Trinajstić information content (AvgIpc) is 2.12. The van der Waals surface area contributed by atoms with E-state index < -0.39 is 7.82 Å². The van der Waals surface area contributed by atoms with E-state index in [0.29, 0.717) is 0 Å². The highest BCUT2D eigenvalue weighted by Gasteiger charge is 2.15. The standard InChI is InChI=1S/C4H5O4PS.H3N/c5-9(6,7)8-4-2-1-3-10-4;/h1-3H,(H2,5,6,7);1H3. The third kappa shape index (κ3) is 4.13. The molecule has 0 aliphatic carbocycles. The fraction of sp³-hybridized carbons (Fsp3) is 0. The molecule has 0 bridgehead atoms. The van der Waals surface area contributed by atoms with E-state index in [0.717, 1.165) is 11.3 Å². The second kappa shape index (κ2) is 3.85. The molecule has 0 saturated heterocycles. The summed E-state index contributed by atoms with van der Waals surface area (Å²) in [5, 5.41) is 1.90. The zero-order valence-corrected chi connectivity index (χ0v) is 7.22. The van der Waals surface area contributed by atoms with E-state index in [1.165, 1.54) is 6.07 Å². The second-order valence-corrected chi connectivity index (χ2v) is 3.59. The second-order valence-electron chi connectivity index (χ2n) is 1.51. The predicted molar refractivity (Wildman–Crippen MR) is 42.0 cm³/mol. The molecule has 1 heterocycles. The number of rotatable bonds is 2. The Balaban J connectivity index is 0.000001000. The van der Waals surface area contributed by atoms with Gasteiger partial charge in [-0.15, -0.1) is 11.3 Å². The van der Waals surface area contributed by atoms with Crippen LogP contribution in [0.4, 0.5) is 0 Å². The van der Waals surface area contributed by atoms with Crippen molar-refractivity contribution in [3.05, 3.63) is 17.5 Å². The zero-order valence-electron chi connectivity index (χ0n) is 5.51. The maximum absolute atomic E-state index is 10.2. The van der Waals surface area contributed by atoms with E-state index in [1.807, 2.05) is 0 Å². The van der Waals surface area contributed by atoms with Crippen LogP contribution in [0.1, 0.15) is 0 Å². The molecule has 64 valence electrons. The number of hydrogen-bond donors (Lipinski definition) is 3. The molecule has 1 aromatic rings. The monoisotopic (exact) mass is 197 g/mol. The molecule has 5 N–H and O–H groups in total. The Bertz CT molecular complexity index is 243. The van der Waals surface area contributed by atoms with Crippen LogP contribution in [-0.2, 0) is 4.57 Å². The molecular weight excluding hydrogens is 189 g/mol. The summed E-state index contributed by atoms with van der Waals surface area (Å²) in [4.78, 5) is 16.6. The molecule has 1 rings (SSSR count). The van der Waals surface area contributed by atoms with Crippen molar-refractivity contribution < 1.29 is 18.9 Å². The lowest BCUT2D eigenvalue weighted by atomic mass is 10.7. The van der Waals surface area contributed by atoms with E-state index in [2.05, 4.69) is 4.52 Å². The molecule has 0 radical (unpaired) electrons. The molecule has 0 fully saturated rings. The lowest BCUT2D eigenvalue weighted by molar-refractivity contribution is 0.286. The summed E-state index contributed by atoms with van der Waals surface area (Å²) >= 11 is 1.14. The Morgan fingerprint density at radius 2 is 2.18 bits per heavy atom. The van der Waals surface area contributed by atoms with Crippen LogP contribution in [0, 0.1) is 0 Å². The molecule has 7 heteroatoms. The maximum atomic E-state index is 10.2. The van der Waals surface area contributed by atoms with Crippen LogP contribution in [0.15, 0.2) is 17.5 Å². The van der Waals surface area contributed by atoms with Gasteiger partial charge < -0.3 is 10.7 Å². The Morgan fingerprint density at radius 1 is 1.55 bits per heavy atom. The van der Waals surface area contributed by atoms with Crippen LogP contribution in [-0.4, -0.2) is 9.79 Å². The SMILES string of the molecule is N.O=P(O)(O)Oc1cccs1. The van der Waals surface area contributed by atoms with Crippen LogP contribution in [0.5, 0.6) is 5.06 Å². The van der Waals surface area contributed by atoms with Crippen molar-refractivity contribution in [1.29, 1.82) is 0 Å². The molecule has 11 heavy (non-hydrogen) atoms. The van der Waals surface area contributed by atoms with Gasteiger partial charge in [0, 0.05) is 0 Å². The van der Waals surface area contributed by atoms with Crippen molar-refractivity contribution in [1.82, 2.24) is 6.15 Å². The van der Waals surface area contributed by atoms with Gasteiger partial charge in [0.25, 0.3) is 0 Å². The first kappa shape index (κ1) is 10.6. The van der Waals surface area contributed by atoms with E-state index >= 15 is 0 Å². The van der Waals surface area contributed by atoms with Crippen molar-refractivity contribution in [3.63, 3.8) is 0 Å². The molecule has 0 aliphatic rings. The largest absolute Gasteiger partial charge is 0.525 e. The highest BCUT2D eigenvalue weighted by atomic mass is 32.1. The Hall–Kier alpha value is -0.390. The maximum Gasteiger partial charge on any atom is 0.525 e. The normalized spacial score (nSPS) is 10.4. The number of thiophene rings is 1. The van der Waals surface area contributed by atoms with Gasteiger partial charge in [-0.1, -0.05) is 0 Å². The summed E-state index contributed by atoms with van der Waals surface area (Å²) < 4.78 is 14.4. The first-order valence-corrected chi connectivity index (χ1v) is 4.77. The van der Waals surface area contributed by atoms with Gasteiger partial charge in [0.15, 0.2) is 5.06 Å². The van der Waals surface area contributed by atoms with Crippen molar-refractivity contribution in [2.75, 3.05) is 0 Å². The van der Waals surface area contributed by atoms with Gasteiger partial charge in [-0.3, -0.25) is 9.79 Å². The van der Waals surface area contributed by atoms with Gasteiger partial charge in [0.2, 0.25) is 0 Å². The Labute approximate surface area is 67.5 Å². The number of phosphoric acid groups is 1. The highest BCUT2D eigenvalue weighted by molar-refractivity contribution is 7.47. The number of hydrogen-bond acceptors (Lipinski definition) is 4. The summed E-state index contributed by atoms with van der Waals surface area (Å²) in [6.07, 6.45) is 0. The van der Waals surface area contributed by atoms with Crippen molar-refractivity contribution in [2.45, 2.75) is 0 Å². The van der Waals surface area contributed by atoms with Crippen LogP contribution >= 0.6 is 19.2 Å². The van der Waals surface area contributed by atoms with Crippen molar-refractivity contribution >= 4 is 19.2 Å². The quantitative estimate of drug-likeness (QED) is 0.621. The predicted octanol–water partition coefficient (Wildman–Crippen LogP) is 1.38. The van der Waals surface area contributed by atoms with Crippen LogP contribution in [0.3, 0.4) is 0 Å². The number of phosphoric ester groups is 1. The molecule has 5 nitrogen and oxygen atoms in total. The molecule has 0 spiro atoms.